The molecule has 0 bridgehead atoms. The van der Waals surface area contributed by atoms with Crippen molar-refractivity contribution in [3.63, 3.8) is 0 Å². The van der Waals surface area contributed by atoms with Crippen LogP contribution in [0.25, 0.3) is 10.2 Å². The van der Waals surface area contributed by atoms with E-state index in [0.29, 0.717) is 26.2 Å². The second-order valence-corrected chi connectivity index (χ2v) is 10.6. The topological polar surface area (TPSA) is 66.4 Å². The molecule has 2 aliphatic rings. The third kappa shape index (κ3) is 3.23. The predicted molar refractivity (Wildman–Crippen MR) is 107 cm³/mol. The Balaban J connectivity index is 1.74. The van der Waals surface area contributed by atoms with Gasteiger partial charge in [-0.3, -0.25) is 0 Å². The van der Waals surface area contributed by atoms with Gasteiger partial charge < -0.3 is 4.90 Å². The van der Waals surface area contributed by atoms with E-state index in [1.165, 1.54) is 28.5 Å². The first-order chi connectivity index (χ1) is 12.4. The quantitative estimate of drug-likeness (QED) is 0.800. The first-order valence-corrected chi connectivity index (χ1v) is 12.0. The van der Waals surface area contributed by atoms with Crippen molar-refractivity contribution >= 4 is 37.4 Å². The van der Waals surface area contributed by atoms with Crippen molar-refractivity contribution in [1.29, 1.82) is 0 Å². The average Bonchev–Trinajstić information content (AvgIpc) is 2.97. The van der Waals surface area contributed by atoms with Crippen molar-refractivity contribution in [3.05, 3.63) is 16.3 Å². The maximum atomic E-state index is 11.8. The summed E-state index contributed by atoms with van der Waals surface area (Å²) in [6.45, 7) is 6.82. The summed E-state index contributed by atoms with van der Waals surface area (Å²) in [5.41, 5.74) is 1.44. The molecule has 4 rings (SSSR count). The number of hydrogen-bond donors (Lipinski definition) is 0. The van der Waals surface area contributed by atoms with E-state index < -0.39 is 10.0 Å². The van der Waals surface area contributed by atoms with Gasteiger partial charge in [-0.05, 0) is 30.7 Å². The molecule has 1 aliphatic carbocycles. The second-order valence-electron chi connectivity index (χ2n) is 7.50. The molecule has 2 aromatic rings. The summed E-state index contributed by atoms with van der Waals surface area (Å²) < 4.78 is 25.2. The van der Waals surface area contributed by atoms with Gasteiger partial charge in [0.05, 0.1) is 11.6 Å². The Bertz CT molecular complexity index is 930. The van der Waals surface area contributed by atoms with E-state index in [4.69, 9.17) is 9.97 Å². The van der Waals surface area contributed by atoms with Gasteiger partial charge in [-0.2, -0.15) is 4.31 Å². The minimum atomic E-state index is -3.12. The smallest absolute Gasteiger partial charge is 0.211 e. The molecule has 1 fully saturated rings. The summed E-state index contributed by atoms with van der Waals surface area (Å²) in [6.07, 6.45) is 5.55. The zero-order valence-electron chi connectivity index (χ0n) is 15.7. The Kier molecular flexibility index (Phi) is 4.69. The molecule has 1 atom stereocenters. The van der Waals surface area contributed by atoms with E-state index in [0.717, 1.165) is 41.7 Å². The molecule has 142 valence electrons. The molecule has 0 unspecified atom stereocenters. The predicted octanol–water partition coefficient (Wildman–Crippen LogP) is 2.46. The molecule has 2 aromatic heterocycles. The molecule has 0 radical (unpaired) electrons. The molecule has 6 nitrogen and oxygen atoms in total. The van der Waals surface area contributed by atoms with Gasteiger partial charge in [0.1, 0.15) is 16.5 Å². The normalized spacial score (nSPS) is 22.0. The zero-order chi connectivity index (χ0) is 18.5. The average molecular weight is 395 g/mol. The SMILES string of the molecule is CCc1nc(N2CCN(S(C)(=O)=O)CC2)c2c3c(sc2n1)C[C@H](C)CC3. The van der Waals surface area contributed by atoms with Crippen molar-refractivity contribution < 1.29 is 8.42 Å². The summed E-state index contributed by atoms with van der Waals surface area (Å²) in [7, 11) is -3.12. The van der Waals surface area contributed by atoms with Crippen LogP contribution >= 0.6 is 11.3 Å². The van der Waals surface area contributed by atoms with Crippen LogP contribution in [0, 0.1) is 5.92 Å². The van der Waals surface area contributed by atoms with Crippen molar-refractivity contribution in [3.8, 4) is 0 Å². The molecule has 1 saturated heterocycles. The van der Waals surface area contributed by atoms with E-state index in [1.54, 1.807) is 4.31 Å². The summed E-state index contributed by atoms with van der Waals surface area (Å²) in [5.74, 6) is 2.63. The summed E-state index contributed by atoms with van der Waals surface area (Å²) >= 11 is 1.83. The fourth-order valence-corrected chi connectivity index (χ4v) is 6.21. The highest BCUT2D eigenvalue weighted by molar-refractivity contribution is 7.88. The number of fused-ring (bicyclic) bond motifs is 3. The van der Waals surface area contributed by atoms with Gasteiger partial charge in [-0.1, -0.05) is 13.8 Å². The standard InChI is InChI=1S/C18H26N4O2S2/c1-4-15-19-17(21-7-9-22(10-8-21)26(3,23)24)16-13-6-5-12(2)11-14(13)25-18(16)20-15/h12H,4-11H2,1-3H3/t12-/m1/s1. The number of piperazine rings is 1. The highest BCUT2D eigenvalue weighted by Gasteiger charge is 2.29. The van der Waals surface area contributed by atoms with E-state index in [1.807, 2.05) is 11.3 Å². The number of sulfonamides is 1. The number of nitrogens with zero attached hydrogens (tertiary/aromatic N) is 4. The lowest BCUT2D eigenvalue weighted by molar-refractivity contribution is 0.387. The number of thiophene rings is 1. The molecule has 1 aliphatic heterocycles. The van der Waals surface area contributed by atoms with Crippen molar-refractivity contribution in [2.45, 2.75) is 39.5 Å². The van der Waals surface area contributed by atoms with E-state index >= 15 is 0 Å². The van der Waals surface area contributed by atoms with Crippen molar-refractivity contribution in [1.82, 2.24) is 14.3 Å². The molecule has 0 amide bonds. The van der Waals surface area contributed by atoms with Gasteiger partial charge in [-0.25, -0.2) is 18.4 Å². The molecular formula is C18H26N4O2S2. The molecule has 3 heterocycles. The van der Waals surface area contributed by atoms with Gasteiger partial charge in [0, 0.05) is 37.5 Å². The molecule has 0 saturated carbocycles. The fourth-order valence-electron chi connectivity index (χ4n) is 3.98. The highest BCUT2D eigenvalue weighted by atomic mass is 32.2. The van der Waals surface area contributed by atoms with Gasteiger partial charge in [0.25, 0.3) is 0 Å². The van der Waals surface area contributed by atoms with Gasteiger partial charge in [0.15, 0.2) is 0 Å². The van der Waals surface area contributed by atoms with Crippen LogP contribution in [-0.2, 0) is 29.3 Å². The molecule has 0 aromatic carbocycles. The summed E-state index contributed by atoms with van der Waals surface area (Å²) in [4.78, 5) is 14.5. The number of hydrogen-bond acceptors (Lipinski definition) is 6. The van der Waals surface area contributed by atoms with Crippen molar-refractivity contribution in [2.24, 2.45) is 5.92 Å². The Morgan fingerprint density at radius 2 is 1.92 bits per heavy atom. The van der Waals surface area contributed by atoms with E-state index in [2.05, 4.69) is 18.7 Å². The third-order valence-corrected chi connectivity index (χ3v) is 7.96. The Morgan fingerprint density at radius 3 is 2.58 bits per heavy atom. The lowest BCUT2D eigenvalue weighted by Crippen LogP contribution is -2.48. The molecule has 26 heavy (non-hydrogen) atoms. The number of anilines is 1. The van der Waals surface area contributed by atoms with E-state index in [-0.39, 0.29) is 0 Å². The summed E-state index contributed by atoms with van der Waals surface area (Å²) in [5, 5.41) is 1.22. The van der Waals surface area contributed by atoms with Crippen LogP contribution in [0.2, 0.25) is 0 Å². The Labute approximate surface area is 159 Å². The van der Waals surface area contributed by atoms with Gasteiger partial charge in [-0.15, -0.1) is 11.3 Å². The lowest BCUT2D eigenvalue weighted by Gasteiger charge is -2.34. The monoisotopic (exact) mass is 394 g/mol. The Hall–Kier alpha value is -1.25. The molecule has 0 spiro atoms. The first-order valence-electron chi connectivity index (χ1n) is 9.38. The summed E-state index contributed by atoms with van der Waals surface area (Å²) in [6, 6.07) is 0. The van der Waals surface area contributed by atoms with Crippen LogP contribution in [0.5, 0.6) is 0 Å². The second kappa shape index (κ2) is 6.73. The Morgan fingerprint density at radius 1 is 1.19 bits per heavy atom. The zero-order valence-corrected chi connectivity index (χ0v) is 17.3. The van der Waals surface area contributed by atoms with Crippen LogP contribution in [0.4, 0.5) is 5.82 Å². The van der Waals surface area contributed by atoms with Crippen LogP contribution in [-0.4, -0.2) is 55.1 Å². The largest absolute Gasteiger partial charge is 0.353 e. The number of aromatic nitrogens is 2. The van der Waals surface area contributed by atoms with Gasteiger partial charge >= 0.3 is 0 Å². The highest BCUT2D eigenvalue weighted by Crippen LogP contribution is 2.41. The minimum absolute atomic E-state index is 0.523. The van der Waals surface area contributed by atoms with Crippen LogP contribution in [0.1, 0.15) is 36.5 Å². The van der Waals surface area contributed by atoms with E-state index in [9.17, 15) is 8.42 Å². The maximum Gasteiger partial charge on any atom is 0.211 e. The van der Waals surface area contributed by atoms with Crippen molar-refractivity contribution in [2.75, 3.05) is 37.3 Å². The lowest BCUT2D eigenvalue weighted by atomic mass is 9.89. The molecular weight excluding hydrogens is 368 g/mol. The first kappa shape index (κ1) is 18.1. The maximum absolute atomic E-state index is 11.8. The minimum Gasteiger partial charge on any atom is -0.353 e. The van der Waals surface area contributed by atoms with Gasteiger partial charge in [0.2, 0.25) is 10.0 Å². The van der Waals surface area contributed by atoms with Crippen LogP contribution in [0.15, 0.2) is 0 Å². The third-order valence-electron chi connectivity index (χ3n) is 5.51. The van der Waals surface area contributed by atoms with Crippen LogP contribution in [0.3, 0.4) is 0 Å². The van der Waals surface area contributed by atoms with Crippen LogP contribution < -0.4 is 4.90 Å². The molecule has 0 N–H and O–H groups in total. The molecule has 8 heteroatoms. The number of rotatable bonds is 3. The number of aryl methyl sites for hydroxylation is 2. The fraction of sp³-hybridized carbons (Fsp3) is 0.667.